The van der Waals surface area contributed by atoms with Gasteiger partial charge in [0, 0.05) is 5.56 Å². The Bertz CT molecular complexity index is 891. The van der Waals surface area contributed by atoms with E-state index < -0.39 is 11.2 Å². The molecule has 25 heavy (non-hydrogen) atoms. The van der Waals surface area contributed by atoms with Crippen molar-refractivity contribution in [2.45, 2.75) is 17.3 Å². The monoisotopic (exact) mass is 373 g/mol. The number of nitrogens with two attached hydrogens (primary N) is 1. The number of nitrogens with zero attached hydrogens (tertiary/aromatic N) is 2. The molecule has 0 aliphatic rings. The molecule has 7 nitrogen and oxygen atoms in total. The third-order valence-electron chi connectivity index (χ3n) is 3.33. The number of hydrogen-bond acceptors (Lipinski definition) is 6. The van der Waals surface area contributed by atoms with Crippen LogP contribution in [0, 0.1) is 0 Å². The van der Waals surface area contributed by atoms with Gasteiger partial charge in [0.1, 0.15) is 5.00 Å². The highest BCUT2D eigenvalue weighted by molar-refractivity contribution is 8.00. The Labute approximate surface area is 152 Å². The molecule has 0 spiro atoms. The maximum Gasteiger partial charge on any atom is 0.251 e. The second kappa shape index (κ2) is 7.49. The summed E-state index contributed by atoms with van der Waals surface area (Å²) in [6.07, 6.45) is 0. The highest BCUT2D eigenvalue weighted by Gasteiger charge is 2.20. The summed E-state index contributed by atoms with van der Waals surface area (Å²) >= 11 is 2.48. The molecular weight excluding hydrogens is 358 g/mol. The highest BCUT2D eigenvalue weighted by atomic mass is 32.2. The summed E-state index contributed by atoms with van der Waals surface area (Å²) in [5.74, 6) is -0.177. The Hall–Kier alpha value is -2.65. The summed E-state index contributed by atoms with van der Waals surface area (Å²) in [6.45, 7) is 1.75. The van der Waals surface area contributed by atoms with E-state index in [1.54, 1.807) is 18.4 Å². The van der Waals surface area contributed by atoms with Gasteiger partial charge in [0.05, 0.1) is 10.8 Å². The second-order valence-corrected chi connectivity index (χ2v) is 7.33. The molecule has 4 N–H and O–H groups in total. The summed E-state index contributed by atoms with van der Waals surface area (Å²) in [5, 5.41) is 11.9. The van der Waals surface area contributed by atoms with Crippen LogP contribution >= 0.6 is 23.1 Å². The quantitative estimate of drug-likeness (QED) is 0.575. The third-order valence-corrected chi connectivity index (χ3v) is 5.12. The Kier molecular flexibility index (Phi) is 5.15. The Morgan fingerprint density at radius 3 is 2.76 bits per heavy atom. The fourth-order valence-corrected chi connectivity index (χ4v) is 3.57. The van der Waals surface area contributed by atoms with Crippen molar-refractivity contribution in [3.05, 3.63) is 47.3 Å². The van der Waals surface area contributed by atoms with Crippen LogP contribution in [0.15, 0.2) is 46.9 Å². The van der Waals surface area contributed by atoms with Crippen molar-refractivity contribution >= 4 is 39.9 Å². The number of nitrogens with one attached hydrogen (secondary N) is 2. The summed E-state index contributed by atoms with van der Waals surface area (Å²) in [6, 6.07) is 11.2. The first-order valence-electron chi connectivity index (χ1n) is 7.37. The van der Waals surface area contributed by atoms with Crippen molar-refractivity contribution in [1.29, 1.82) is 0 Å². The summed E-state index contributed by atoms with van der Waals surface area (Å²) in [7, 11) is 0. The number of amides is 2. The Morgan fingerprint density at radius 1 is 1.28 bits per heavy atom. The molecule has 3 aromatic rings. The lowest BCUT2D eigenvalue weighted by molar-refractivity contribution is -0.115. The fourth-order valence-electron chi connectivity index (χ4n) is 2.05. The van der Waals surface area contributed by atoms with E-state index in [1.165, 1.54) is 23.1 Å². The van der Waals surface area contributed by atoms with Gasteiger partial charge in [0.2, 0.25) is 11.1 Å². The predicted octanol–water partition coefficient (Wildman–Crippen LogP) is 2.75. The lowest BCUT2D eigenvalue weighted by Crippen LogP contribution is -2.23. The molecule has 1 atom stereocenters. The number of benzene rings is 1. The van der Waals surface area contributed by atoms with Gasteiger partial charge < -0.3 is 11.1 Å². The van der Waals surface area contributed by atoms with Gasteiger partial charge in [-0.05, 0) is 18.4 Å². The average Bonchev–Trinajstić information content (AvgIpc) is 3.25. The fraction of sp³-hybridized carbons (Fsp3) is 0.125. The minimum atomic E-state index is -0.571. The molecule has 0 saturated heterocycles. The second-order valence-electron chi connectivity index (χ2n) is 5.11. The summed E-state index contributed by atoms with van der Waals surface area (Å²) in [4.78, 5) is 28.0. The number of thioether (sulfide) groups is 1. The van der Waals surface area contributed by atoms with Crippen molar-refractivity contribution in [2.24, 2.45) is 5.73 Å². The number of carbonyl (C=O) groups is 2. The van der Waals surface area contributed by atoms with Gasteiger partial charge in [-0.25, -0.2) is 4.98 Å². The summed E-state index contributed by atoms with van der Waals surface area (Å²) in [5.41, 5.74) is 6.50. The zero-order valence-corrected chi connectivity index (χ0v) is 14.9. The number of thiophene rings is 1. The number of carbonyl (C=O) groups excluding carboxylic acids is 2. The van der Waals surface area contributed by atoms with Crippen LogP contribution < -0.4 is 11.1 Å². The smallest absolute Gasteiger partial charge is 0.251 e. The average molecular weight is 373 g/mol. The molecule has 0 fully saturated rings. The van der Waals surface area contributed by atoms with E-state index in [0.29, 0.717) is 21.5 Å². The lowest BCUT2D eigenvalue weighted by atomic mass is 10.2. The number of rotatable bonds is 6. The van der Waals surface area contributed by atoms with Gasteiger partial charge in [-0.3, -0.25) is 14.7 Å². The SMILES string of the molecule is C[C@@H](Sc1n[nH]c(-c2ccccc2)n1)C(=O)Nc1sccc1C(N)=O. The maximum atomic E-state index is 12.3. The highest BCUT2D eigenvalue weighted by Crippen LogP contribution is 2.26. The number of hydrogen-bond donors (Lipinski definition) is 3. The number of aromatic amines is 1. The van der Waals surface area contributed by atoms with E-state index in [-0.39, 0.29) is 5.91 Å². The van der Waals surface area contributed by atoms with Crippen molar-refractivity contribution < 1.29 is 9.59 Å². The molecule has 0 bridgehead atoms. The molecule has 0 aliphatic carbocycles. The van der Waals surface area contributed by atoms with Crippen LogP contribution in [0.2, 0.25) is 0 Å². The molecule has 0 radical (unpaired) electrons. The molecule has 0 aliphatic heterocycles. The van der Waals surface area contributed by atoms with Crippen molar-refractivity contribution in [3.8, 4) is 11.4 Å². The number of H-pyrrole nitrogens is 1. The normalized spacial score (nSPS) is 11.9. The minimum absolute atomic E-state index is 0.249. The van der Waals surface area contributed by atoms with E-state index >= 15 is 0 Å². The van der Waals surface area contributed by atoms with E-state index in [1.807, 2.05) is 30.3 Å². The molecule has 3 rings (SSSR count). The number of primary amides is 1. The van der Waals surface area contributed by atoms with E-state index in [4.69, 9.17) is 5.73 Å². The zero-order valence-electron chi connectivity index (χ0n) is 13.2. The van der Waals surface area contributed by atoms with Crippen molar-refractivity contribution in [1.82, 2.24) is 15.2 Å². The van der Waals surface area contributed by atoms with E-state index in [9.17, 15) is 9.59 Å². The van der Waals surface area contributed by atoms with Gasteiger partial charge in [-0.1, -0.05) is 42.1 Å². The van der Waals surface area contributed by atoms with Gasteiger partial charge in [-0.15, -0.1) is 16.4 Å². The van der Waals surface area contributed by atoms with Gasteiger partial charge in [0.15, 0.2) is 5.82 Å². The van der Waals surface area contributed by atoms with Crippen LogP contribution in [0.5, 0.6) is 0 Å². The maximum absolute atomic E-state index is 12.3. The van der Waals surface area contributed by atoms with Gasteiger partial charge >= 0.3 is 0 Å². The van der Waals surface area contributed by atoms with Gasteiger partial charge in [0.25, 0.3) is 5.91 Å². The van der Waals surface area contributed by atoms with Crippen LogP contribution in [-0.4, -0.2) is 32.2 Å². The lowest BCUT2D eigenvalue weighted by Gasteiger charge is -2.09. The molecule has 128 valence electrons. The predicted molar refractivity (Wildman–Crippen MR) is 98.6 cm³/mol. The minimum Gasteiger partial charge on any atom is -0.366 e. The molecule has 2 amide bonds. The molecule has 0 unspecified atom stereocenters. The van der Waals surface area contributed by atoms with E-state index in [2.05, 4.69) is 20.5 Å². The largest absolute Gasteiger partial charge is 0.366 e. The third kappa shape index (κ3) is 4.06. The van der Waals surface area contributed by atoms with Gasteiger partial charge in [-0.2, -0.15) is 0 Å². The van der Waals surface area contributed by atoms with Crippen LogP contribution in [0.25, 0.3) is 11.4 Å². The van der Waals surface area contributed by atoms with Crippen LogP contribution in [0.3, 0.4) is 0 Å². The van der Waals surface area contributed by atoms with Crippen molar-refractivity contribution in [3.63, 3.8) is 0 Å². The number of aromatic nitrogens is 3. The molecule has 0 saturated carbocycles. The molecule has 2 heterocycles. The first kappa shape index (κ1) is 17.2. The molecular formula is C16H15N5O2S2. The first-order chi connectivity index (χ1) is 12.0. The zero-order chi connectivity index (χ0) is 17.8. The molecule has 9 heteroatoms. The number of anilines is 1. The Morgan fingerprint density at radius 2 is 2.04 bits per heavy atom. The van der Waals surface area contributed by atoms with Crippen LogP contribution in [0.1, 0.15) is 17.3 Å². The summed E-state index contributed by atoms with van der Waals surface area (Å²) < 4.78 is 0. The van der Waals surface area contributed by atoms with Crippen LogP contribution in [0.4, 0.5) is 5.00 Å². The Balaban J connectivity index is 1.65. The van der Waals surface area contributed by atoms with E-state index in [0.717, 1.165) is 5.56 Å². The van der Waals surface area contributed by atoms with Crippen molar-refractivity contribution in [2.75, 3.05) is 5.32 Å². The topological polar surface area (TPSA) is 114 Å². The molecule has 1 aromatic carbocycles. The first-order valence-corrected chi connectivity index (χ1v) is 9.13. The standard InChI is InChI=1S/C16H15N5O2S2/c1-9(14(23)19-15-11(12(17)22)7-8-24-15)25-16-18-13(20-21-16)10-5-3-2-4-6-10/h2-9H,1H3,(H2,17,22)(H,19,23)(H,18,20,21)/t9-/m1/s1. The molecule has 2 aromatic heterocycles. The van der Waals surface area contributed by atoms with Crippen LogP contribution in [-0.2, 0) is 4.79 Å².